The molecule has 0 aromatic heterocycles. The molecule has 1 aliphatic heterocycles. The molecule has 0 fully saturated rings. The first kappa shape index (κ1) is 11.9. The average Bonchev–Trinajstić information content (AvgIpc) is 2.59. The molecule has 2 rings (SSSR count). The maximum absolute atomic E-state index is 11.4. The van der Waals surface area contributed by atoms with E-state index in [0.717, 1.165) is 11.8 Å². The fourth-order valence-corrected chi connectivity index (χ4v) is 2.56. The molecule has 2 N–H and O–H groups in total. The van der Waals surface area contributed by atoms with Crippen LogP contribution in [0.3, 0.4) is 0 Å². The minimum atomic E-state index is -3.25. The van der Waals surface area contributed by atoms with Crippen LogP contribution in [-0.4, -0.2) is 27.2 Å². The lowest BCUT2D eigenvalue weighted by atomic mass is 9.98. The Labute approximate surface area is 99.5 Å². The van der Waals surface area contributed by atoms with Crippen molar-refractivity contribution in [2.75, 3.05) is 12.9 Å². The predicted molar refractivity (Wildman–Crippen MR) is 61.6 cm³/mol. The first-order valence-electron chi connectivity index (χ1n) is 5.13. The Kier molecular flexibility index (Phi) is 2.82. The third kappa shape index (κ3) is 2.41. The Morgan fingerprint density at radius 2 is 2.24 bits per heavy atom. The number of primary amides is 1. The van der Waals surface area contributed by atoms with E-state index in [9.17, 15) is 13.2 Å². The summed E-state index contributed by atoms with van der Waals surface area (Å²) in [7, 11) is -3.25. The molecule has 1 heterocycles. The number of fused-ring (bicyclic) bond motifs is 1. The van der Waals surface area contributed by atoms with Gasteiger partial charge in [-0.1, -0.05) is 0 Å². The van der Waals surface area contributed by atoms with Crippen LogP contribution in [-0.2, 0) is 14.6 Å². The number of sulfone groups is 1. The van der Waals surface area contributed by atoms with Crippen LogP contribution in [0.15, 0.2) is 23.1 Å². The SMILES string of the molecule is CS(=O)(=O)c1ccc2c(c1)C(CC(N)=O)CO2. The van der Waals surface area contributed by atoms with E-state index in [0.29, 0.717) is 12.4 Å². The molecule has 0 aliphatic carbocycles. The second-order valence-electron chi connectivity index (χ2n) is 4.15. The summed E-state index contributed by atoms with van der Waals surface area (Å²) in [5.74, 6) is 0.0593. The van der Waals surface area contributed by atoms with Gasteiger partial charge in [-0.2, -0.15) is 0 Å². The molecule has 1 aromatic rings. The van der Waals surface area contributed by atoms with E-state index < -0.39 is 15.7 Å². The lowest BCUT2D eigenvalue weighted by Crippen LogP contribution is -2.16. The standard InChI is InChI=1S/C11H13NO4S/c1-17(14,15)8-2-3-10-9(5-8)7(6-16-10)4-11(12)13/h2-3,5,7H,4,6H2,1H3,(H2,12,13). The molecule has 0 radical (unpaired) electrons. The summed E-state index contributed by atoms with van der Waals surface area (Å²) in [4.78, 5) is 11.1. The Morgan fingerprint density at radius 1 is 1.53 bits per heavy atom. The van der Waals surface area contributed by atoms with E-state index in [2.05, 4.69) is 0 Å². The number of hydrogen-bond acceptors (Lipinski definition) is 4. The topological polar surface area (TPSA) is 86.5 Å². The van der Waals surface area contributed by atoms with Gasteiger partial charge in [0.2, 0.25) is 5.91 Å². The van der Waals surface area contributed by atoms with Crippen molar-refractivity contribution in [2.45, 2.75) is 17.2 Å². The van der Waals surface area contributed by atoms with Gasteiger partial charge in [0.25, 0.3) is 0 Å². The largest absolute Gasteiger partial charge is 0.493 e. The van der Waals surface area contributed by atoms with Gasteiger partial charge in [-0.15, -0.1) is 0 Å². The zero-order valence-corrected chi connectivity index (χ0v) is 10.2. The van der Waals surface area contributed by atoms with Crippen molar-refractivity contribution >= 4 is 15.7 Å². The lowest BCUT2D eigenvalue weighted by Gasteiger charge is -2.06. The summed E-state index contributed by atoms with van der Waals surface area (Å²) in [6, 6.07) is 4.68. The van der Waals surface area contributed by atoms with Gasteiger partial charge in [-0.25, -0.2) is 8.42 Å². The highest BCUT2D eigenvalue weighted by Gasteiger charge is 2.27. The van der Waals surface area contributed by atoms with Crippen LogP contribution >= 0.6 is 0 Å². The number of rotatable bonds is 3. The number of carbonyl (C=O) groups excluding carboxylic acids is 1. The van der Waals surface area contributed by atoms with Crippen LogP contribution in [0.25, 0.3) is 0 Å². The summed E-state index contributed by atoms with van der Waals surface area (Å²) >= 11 is 0. The Balaban J connectivity index is 2.40. The molecule has 1 aliphatic rings. The van der Waals surface area contributed by atoms with Crippen LogP contribution in [0, 0.1) is 0 Å². The Morgan fingerprint density at radius 3 is 2.82 bits per heavy atom. The van der Waals surface area contributed by atoms with Gasteiger partial charge >= 0.3 is 0 Å². The van der Waals surface area contributed by atoms with Crippen LogP contribution in [0.5, 0.6) is 5.75 Å². The summed E-state index contributed by atoms with van der Waals surface area (Å²) in [6.45, 7) is 0.367. The van der Waals surface area contributed by atoms with Gasteiger partial charge in [0, 0.05) is 24.2 Å². The number of hydrogen-bond donors (Lipinski definition) is 1. The molecule has 1 unspecified atom stereocenters. The van der Waals surface area contributed by atoms with Crippen LogP contribution in [0.2, 0.25) is 0 Å². The molecule has 1 amide bonds. The van der Waals surface area contributed by atoms with Gasteiger partial charge in [-0.3, -0.25) is 4.79 Å². The van der Waals surface area contributed by atoms with Crippen LogP contribution in [0.1, 0.15) is 17.9 Å². The molecular formula is C11H13NO4S. The zero-order chi connectivity index (χ0) is 12.6. The first-order chi connectivity index (χ1) is 7.88. The first-order valence-corrected chi connectivity index (χ1v) is 7.02. The number of carbonyl (C=O) groups is 1. The van der Waals surface area contributed by atoms with Gasteiger partial charge < -0.3 is 10.5 Å². The summed E-state index contributed by atoms with van der Waals surface area (Å²) in [5, 5.41) is 0. The maximum atomic E-state index is 11.4. The average molecular weight is 255 g/mol. The zero-order valence-electron chi connectivity index (χ0n) is 9.34. The Hall–Kier alpha value is -1.56. The number of benzene rings is 1. The molecule has 17 heavy (non-hydrogen) atoms. The van der Waals surface area contributed by atoms with Crippen molar-refractivity contribution in [3.05, 3.63) is 23.8 Å². The molecule has 0 saturated heterocycles. The molecule has 5 nitrogen and oxygen atoms in total. The second kappa shape index (κ2) is 4.03. The van der Waals surface area contributed by atoms with E-state index >= 15 is 0 Å². The van der Waals surface area contributed by atoms with Gasteiger partial charge in [-0.05, 0) is 18.2 Å². The van der Waals surface area contributed by atoms with Crippen molar-refractivity contribution in [2.24, 2.45) is 5.73 Å². The Bertz CT molecular complexity index is 565. The maximum Gasteiger partial charge on any atom is 0.218 e. The summed E-state index contributed by atoms with van der Waals surface area (Å²) in [6.07, 6.45) is 1.31. The monoisotopic (exact) mass is 255 g/mol. The summed E-state index contributed by atoms with van der Waals surface area (Å²) in [5.41, 5.74) is 5.88. The minimum Gasteiger partial charge on any atom is -0.493 e. The highest BCUT2D eigenvalue weighted by molar-refractivity contribution is 7.90. The van der Waals surface area contributed by atoms with Gasteiger partial charge in [0.15, 0.2) is 9.84 Å². The quantitative estimate of drug-likeness (QED) is 0.849. The van der Waals surface area contributed by atoms with Crippen molar-refractivity contribution in [1.29, 1.82) is 0 Å². The molecule has 0 spiro atoms. The van der Waals surface area contributed by atoms with Crippen LogP contribution in [0.4, 0.5) is 0 Å². The highest BCUT2D eigenvalue weighted by Crippen LogP contribution is 2.37. The highest BCUT2D eigenvalue weighted by atomic mass is 32.2. The molecule has 6 heteroatoms. The molecule has 1 aromatic carbocycles. The van der Waals surface area contributed by atoms with E-state index in [-0.39, 0.29) is 17.2 Å². The predicted octanol–water partition coefficient (Wildman–Crippen LogP) is 0.442. The fourth-order valence-electron chi connectivity index (χ4n) is 1.90. The number of ether oxygens (including phenoxy) is 1. The second-order valence-corrected chi connectivity index (χ2v) is 6.17. The van der Waals surface area contributed by atoms with Gasteiger partial charge in [0.1, 0.15) is 5.75 Å². The van der Waals surface area contributed by atoms with Gasteiger partial charge in [0.05, 0.1) is 11.5 Å². The molecule has 1 atom stereocenters. The number of amides is 1. The minimum absolute atomic E-state index is 0.149. The van der Waals surface area contributed by atoms with E-state index in [1.165, 1.54) is 6.07 Å². The van der Waals surface area contributed by atoms with E-state index in [1.54, 1.807) is 12.1 Å². The third-order valence-corrected chi connectivity index (χ3v) is 3.85. The molecule has 0 bridgehead atoms. The van der Waals surface area contributed by atoms with Crippen LogP contribution < -0.4 is 10.5 Å². The molecule has 0 saturated carbocycles. The number of nitrogens with two attached hydrogens (primary N) is 1. The van der Waals surface area contributed by atoms with E-state index in [4.69, 9.17) is 10.5 Å². The third-order valence-electron chi connectivity index (χ3n) is 2.74. The van der Waals surface area contributed by atoms with Crippen molar-refractivity contribution in [3.8, 4) is 5.75 Å². The van der Waals surface area contributed by atoms with Crippen molar-refractivity contribution in [1.82, 2.24) is 0 Å². The van der Waals surface area contributed by atoms with Crippen molar-refractivity contribution < 1.29 is 17.9 Å². The lowest BCUT2D eigenvalue weighted by molar-refractivity contribution is -0.118. The van der Waals surface area contributed by atoms with Crippen molar-refractivity contribution in [3.63, 3.8) is 0 Å². The fraction of sp³-hybridized carbons (Fsp3) is 0.364. The molecule has 92 valence electrons. The molecular weight excluding hydrogens is 242 g/mol. The van der Waals surface area contributed by atoms with E-state index in [1.807, 2.05) is 0 Å². The summed E-state index contributed by atoms with van der Waals surface area (Å²) < 4.78 is 28.2. The smallest absolute Gasteiger partial charge is 0.218 e. The normalized spacial score (nSPS) is 18.5.